The maximum absolute atomic E-state index is 12.9. The molecule has 6 rings (SSSR count). The van der Waals surface area contributed by atoms with Crippen LogP contribution in [0.4, 0.5) is 11.6 Å². The van der Waals surface area contributed by atoms with Gasteiger partial charge in [0.15, 0.2) is 11.6 Å². The van der Waals surface area contributed by atoms with E-state index in [1.165, 1.54) is 48.5 Å². The van der Waals surface area contributed by atoms with E-state index in [4.69, 9.17) is 13.8 Å². The van der Waals surface area contributed by atoms with E-state index in [1.54, 1.807) is 13.8 Å². The van der Waals surface area contributed by atoms with Crippen molar-refractivity contribution < 1.29 is 33.0 Å². The first kappa shape index (κ1) is 20.5. The number of nitrogens with zero attached hydrogens (tertiary/aromatic N) is 4. The fraction of sp³-hybridized carbons (Fsp3) is 0.0833. The summed E-state index contributed by atoms with van der Waals surface area (Å²) >= 11 is 0. The summed E-state index contributed by atoms with van der Waals surface area (Å²) in [5, 5.41) is 7.50. The van der Waals surface area contributed by atoms with E-state index < -0.39 is 23.6 Å². The minimum atomic E-state index is -0.558. The van der Waals surface area contributed by atoms with Gasteiger partial charge in [-0.1, -0.05) is 10.3 Å². The minimum Gasteiger partial charge on any atom is -0.457 e. The van der Waals surface area contributed by atoms with E-state index in [0.29, 0.717) is 11.5 Å². The van der Waals surface area contributed by atoms with E-state index in [9.17, 15) is 19.2 Å². The molecule has 0 fully saturated rings. The number of aryl methyl sites for hydroxylation is 2. The molecule has 4 amide bonds. The molecule has 4 aromatic rings. The van der Waals surface area contributed by atoms with Crippen molar-refractivity contribution in [1.29, 1.82) is 0 Å². The third kappa shape index (κ3) is 3.05. The first-order valence-electron chi connectivity index (χ1n) is 10.4. The fourth-order valence-electron chi connectivity index (χ4n) is 4.04. The molecule has 2 aliphatic rings. The van der Waals surface area contributed by atoms with Crippen LogP contribution < -0.4 is 14.5 Å². The van der Waals surface area contributed by atoms with Gasteiger partial charge in [-0.2, -0.15) is 0 Å². The Kier molecular flexibility index (Phi) is 4.24. The van der Waals surface area contributed by atoms with Crippen LogP contribution in [0.5, 0.6) is 11.5 Å². The van der Waals surface area contributed by atoms with Gasteiger partial charge in [-0.25, -0.2) is 9.80 Å². The van der Waals surface area contributed by atoms with Crippen molar-refractivity contribution in [3.63, 3.8) is 0 Å². The molecule has 0 N–H and O–H groups in total. The zero-order valence-corrected chi connectivity index (χ0v) is 18.3. The Hall–Kier alpha value is -5.06. The highest BCUT2D eigenvalue weighted by molar-refractivity contribution is 6.35. The molecular formula is C24H14N4O7. The van der Waals surface area contributed by atoms with Crippen LogP contribution >= 0.6 is 0 Å². The maximum Gasteiger partial charge on any atom is 0.267 e. The largest absolute Gasteiger partial charge is 0.457 e. The van der Waals surface area contributed by atoms with Crippen LogP contribution in [0.1, 0.15) is 53.0 Å². The average molecular weight is 470 g/mol. The number of carbonyl (C=O) groups excluding carboxylic acids is 4. The molecule has 0 unspecified atom stereocenters. The number of hydrogen-bond donors (Lipinski definition) is 0. The zero-order chi connectivity index (χ0) is 24.4. The smallest absolute Gasteiger partial charge is 0.267 e. The Morgan fingerprint density at radius 1 is 0.600 bits per heavy atom. The number of fused-ring (bicyclic) bond motifs is 2. The first-order valence-corrected chi connectivity index (χ1v) is 10.4. The molecule has 11 nitrogen and oxygen atoms in total. The number of anilines is 2. The summed E-state index contributed by atoms with van der Waals surface area (Å²) in [4.78, 5) is 53.1. The van der Waals surface area contributed by atoms with Crippen molar-refractivity contribution in [1.82, 2.24) is 10.3 Å². The van der Waals surface area contributed by atoms with Gasteiger partial charge in [0.25, 0.3) is 23.6 Å². The number of imide groups is 2. The molecule has 0 aliphatic carbocycles. The van der Waals surface area contributed by atoms with Crippen LogP contribution in [0, 0.1) is 13.8 Å². The lowest BCUT2D eigenvalue weighted by Crippen LogP contribution is -2.29. The number of ether oxygens (including phenoxy) is 1. The molecule has 0 radical (unpaired) electrons. The molecule has 0 bridgehead atoms. The number of benzene rings is 2. The van der Waals surface area contributed by atoms with Crippen LogP contribution in [0.2, 0.25) is 0 Å². The zero-order valence-electron chi connectivity index (χ0n) is 18.3. The van der Waals surface area contributed by atoms with Gasteiger partial charge in [0.05, 0.1) is 22.3 Å². The van der Waals surface area contributed by atoms with Crippen LogP contribution in [0.3, 0.4) is 0 Å². The monoisotopic (exact) mass is 470 g/mol. The summed E-state index contributed by atoms with van der Waals surface area (Å²) in [5.41, 5.74) is 0.703. The SMILES string of the molecule is Cc1cc(N2C(=O)c3ccc(Oc4ccc5c(c4)C(=O)N(c4cc(C)on4)C5=O)cc3C2=O)no1. The highest BCUT2D eigenvalue weighted by Gasteiger charge is 2.40. The van der Waals surface area contributed by atoms with Crippen LogP contribution in [0.15, 0.2) is 57.6 Å². The topological polar surface area (TPSA) is 136 Å². The quantitative estimate of drug-likeness (QED) is 0.409. The van der Waals surface area contributed by atoms with Gasteiger partial charge in [-0.3, -0.25) is 19.2 Å². The highest BCUT2D eigenvalue weighted by Crippen LogP contribution is 2.34. The van der Waals surface area contributed by atoms with Crippen LogP contribution in [-0.2, 0) is 0 Å². The molecule has 0 saturated carbocycles. The predicted molar refractivity (Wildman–Crippen MR) is 118 cm³/mol. The molecule has 0 saturated heterocycles. The predicted octanol–water partition coefficient (Wildman–Crippen LogP) is 3.67. The number of hydrogen-bond acceptors (Lipinski definition) is 9. The molecule has 172 valence electrons. The molecular weight excluding hydrogens is 456 g/mol. The summed E-state index contributed by atoms with van der Waals surface area (Å²) in [6, 6.07) is 11.9. The summed E-state index contributed by atoms with van der Waals surface area (Å²) in [5.74, 6) is -0.495. The second-order valence-electron chi connectivity index (χ2n) is 8.00. The van der Waals surface area contributed by atoms with Crippen molar-refractivity contribution in [2.24, 2.45) is 0 Å². The number of rotatable bonds is 4. The normalized spacial score (nSPS) is 14.7. The maximum atomic E-state index is 12.9. The van der Waals surface area contributed by atoms with Gasteiger partial charge in [-0.15, -0.1) is 0 Å². The van der Waals surface area contributed by atoms with E-state index in [0.717, 1.165) is 9.80 Å². The number of amides is 4. The van der Waals surface area contributed by atoms with Crippen molar-refractivity contribution in [3.05, 3.63) is 82.3 Å². The lowest BCUT2D eigenvalue weighted by molar-refractivity contribution is 0.0908. The Morgan fingerprint density at radius 3 is 1.37 bits per heavy atom. The summed E-state index contributed by atoms with van der Waals surface area (Å²) in [6.07, 6.45) is 0. The number of aromatic nitrogens is 2. The second-order valence-corrected chi connectivity index (χ2v) is 8.00. The molecule has 4 heterocycles. The van der Waals surface area contributed by atoms with Crippen LogP contribution in [-0.4, -0.2) is 33.9 Å². The lowest BCUT2D eigenvalue weighted by Gasteiger charge is -2.08. The van der Waals surface area contributed by atoms with E-state index in [-0.39, 0.29) is 45.4 Å². The minimum absolute atomic E-state index is 0.102. The Labute approximate surface area is 196 Å². The first-order chi connectivity index (χ1) is 16.8. The van der Waals surface area contributed by atoms with Crippen molar-refractivity contribution >= 4 is 35.3 Å². The highest BCUT2D eigenvalue weighted by atomic mass is 16.5. The van der Waals surface area contributed by atoms with E-state index in [2.05, 4.69) is 10.3 Å². The molecule has 11 heteroatoms. The average Bonchev–Trinajstić information content (AvgIpc) is 3.56. The van der Waals surface area contributed by atoms with Gasteiger partial charge < -0.3 is 13.8 Å². The molecule has 0 spiro atoms. The summed E-state index contributed by atoms with van der Waals surface area (Å²) < 4.78 is 15.8. The van der Waals surface area contributed by atoms with Gasteiger partial charge in [-0.05, 0) is 50.2 Å². The van der Waals surface area contributed by atoms with Gasteiger partial charge in [0, 0.05) is 12.1 Å². The van der Waals surface area contributed by atoms with Crippen molar-refractivity contribution in [2.45, 2.75) is 13.8 Å². The summed E-state index contributed by atoms with van der Waals surface area (Å²) in [7, 11) is 0. The molecule has 2 aliphatic heterocycles. The second kappa shape index (κ2) is 7.22. The fourth-order valence-corrected chi connectivity index (χ4v) is 4.04. The summed E-state index contributed by atoms with van der Waals surface area (Å²) in [6.45, 7) is 3.31. The Balaban J connectivity index is 1.28. The van der Waals surface area contributed by atoms with Crippen LogP contribution in [0.25, 0.3) is 0 Å². The lowest BCUT2D eigenvalue weighted by atomic mass is 10.1. The number of carbonyl (C=O) groups is 4. The van der Waals surface area contributed by atoms with Gasteiger partial charge in [0.2, 0.25) is 0 Å². The van der Waals surface area contributed by atoms with Gasteiger partial charge >= 0.3 is 0 Å². The third-order valence-electron chi connectivity index (χ3n) is 5.64. The third-order valence-corrected chi connectivity index (χ3v) is 5.64. The molecule has 0 atom stereocenters. The molecule has 2 aromatic heterocycles. The molecule has 35 heavy (non-hydrogen) atoms. The Morgan fingerprint density at radius 2 is 1.00 bits per heavy atom. The van der Waals surface area contributed by atoms with Crippen molar-refractivity contribution in [2.75, 3.05) is 9.80 Å². The van der Waals surface area contributed by atoms with E-state index >= 15 is 0 Å². The van der Waals surface area contributed by atoms with E-state index in [1.807, 2.05) is 0 Å². The Bertz CT molecular complexity index is 1480. The van der Waals surface area contributed by atoms with Gasteiger partial charge in [0.1, 0.15) is 23.0 Å². The van der Waals surface area contributed by atoms with Crippen molar-refractivity contribution in [3.8, 4) is 11.5 Å². The molecule has 2 aromatic carbocycles. The standard InChI is InChI=1S/C24H14N4O7/c1-11-7-19(25-34-11)27-21(29)15-5-3-13(9-17(15)23(27)31)33-14-4-6-16-18(10-14)24(32)28(22(16)30)20-8-12(2)35-26-20/h3-10H,1-2H3.